The van der Waals surface area contributed by atoms with Gasteiger partial charge in [0.1, 0.15) is 18.1 Å². The van der Waals surface area contributed by atoms with Gasteiger partial charge in [0.05, 0.1) is 13.7 Å². The van der Waals surface area contributed by atoms with E-state index in [-0.39, 0.29) is 6.03 Å². The molecular formula is C18H22N2O3. The van der Waals surface area contributed by atoms with Crippen LogP contribution in [0.3, 0.4) is 0 Å². The van der Waals surface area contributed by atoms with Crippen molar-refractivity contribution >= 4 is 6.03 Å². The minimum Gasteiger partial charge on any atom is -0.496 e. The normalized spacial score (nSPS) is 10.0. The predicted octanol–water partition coefficient (Wildman–Crippen LogP) is 2.88. The molecule has 2 aromatic rings. The molecule has 0 spiro atoms. The second-order valence-corrected chi connectivity index (χ2v) is 5.04. The van der Waals surface area contributed by atoms with Gasteiger partial charge in [0, 0.05) is 12.1 Å². The van der Waals surface area contributed by atoms with Crippen LogP contribution >= 0.6 is 0 Å². The lowest BCUT2D eigenvalue weighted by Crippen LogP contribution is -2.37. The number of hydrogen-bond donors (Lipinski definition) is 2. The highest BCUT2D eigenvalue weighted by molar-refractivity contribution is 5.73. The molecule has 5 heteroatoms. The van der Waals surface area contributed by atoms with Gasteiger partial charge >= 0.3 is 6.03 Å². The van der Waals surface area contributed by atoms with Crippen LogP contribution in [0.15, 0.2) is 48.5 Å². The van der Waals surface area contributed by atoms with E-state index in [1.807, 2.05) is 55.5 Å². The van der Waals surface area contributed by atoms with Crippen molar-refractivity contribution in [1.29, 1.82) is 0 Å². The van der Waals surface area contributed by atoms with Crippen molar-refractivity contribution in [1.82, 2.24) is 10.6 Å². The third-order valence-electron chi connectivity index (χ3n) is 3.37. The Labute approximate surface area is 136 Å². The molecule has 0 saturated heterocycles. The first-order valence-electron chi connectivity index (χ1n) is 7.52. The smallest absolute Gasteiger partial charge is 0.315 e. The maximum absolute atomic E-state index is 11.8. The van der Waals surface area contributed by atoms with E-state index in [1.54, 1.807) is 7.11 Å². The molecule has 0 atom stereocenters. The Morgan fingerprint density at radius 1 is 1.00 bits per heavy atom. The highest BCUT2D eigenvalue weighted by Gasteiger charge is 2.04. The molecule has 2 rings (SSSR count). The maximum Gasteiger partial charge on any atom is 0.315 e. The molecule has 0 saturated carbocycles. The summed E-state index contributed by atoms with van der Waals surface area (Å²) in [6.45, 7) is 3.26. The average molecular weight is 314 g/mol. The molecule has 0 aromatic heterocycles. The fourth-order valence-corrected chi connectivity index (χ4v) is 2.13. The lowest BCUT2D eigenvalue weighted by atomic mass is 10.2. The van der Waals surface area contributed by atoms with E-state index in [0.717, 1.165) is 22.6 Å². The van der Waals surface area contributed by atoms with Crippen LogP contribution < -0.4 is 20.1 Å². The van der Waals surface area contributed by atoms with Crippen molar-refractivity contribution in [2.45, 2.75) is 13.5 Å². The highest BCUT2D eigenvalue weighted by Crippen LogP contribution is 2.17. The number of carbonyl (C=O) groups excluding carboxylic acids is 1. The molecule has 5 nitrogen and oxygen atoms in total. The van der Waals surface area contributed by atoms with Crippen LogP contribution in [0, 0.1) is 6.92 Å². The first-order chi connectivity index (χ1) is 11.2. The van der Waals surface area contributed by atoms with Crippen molar-refractivity contribution < 1.29 is 14.3 Å². The summed E-state index contributed by atoms with van der Waals surface area (Å²) in [6.07, 6.45) is 0. The van der Waals surface area contributed by atoms with E-state index < -0.39 is 0 Å². The molecule has 0 unspecified atom stereocenters. The molecule has 0 aliphatic rings. The van der Waals surface area contributed by atoms with Crippen LogP contribution in [-0.4, -0.2) is 26.3 Å². The molecule has 122 valence electrons. The fraction of sp³-hybridized carbons (Fsp3) is 0.278. The molecule has 2 amide bonds. The molecule has 0 fully saturated rings. The number of methoxy groups -OCH3 is 1. The number of carbonyl (C=O) groups is 1. The quantitative estimate of drug-likeness (QED) is 0.773. The van der Waals surface area contributed by atoms with Crippen LogP contribution in [0.1, 0.15) is 11.1 Å². The summed E-state index contributed by atoms with van der Waals surface area (Å²) in [4.78, 5) is 11.8. The van der Waals surface area contributed by atoms with E-state index >= 15 is 0 Å². The van der Waals surface area contributed by atoms with Gasteiger partial charge < -0.3 is 20.1 Å². The van der Waals surface area contributed by atoms with Gasteiger partial charge in [0.25, 0.3) is 0 Å². The molecule has 23 heavy (non-hydrogen) atoms. The van der Waals surface area contributed by atoms with Crippen LogP contribution in [-0.2, 0) is 6.54 Å². The Kier molecular flexibility index (Phi) is 6.29. The minimum absolute atomic E-state index is 0.232. The van der Waals surface area contributed by atoms with Crippen molar-refractivity contribution in [3.05, 3.63) is 59.7 Å². The molecule has 0 heterocycles. The van der Waals surface area contributed by atoms with Crippen LogP contribution in [0.4, 0.5) is 4.79 Å². The number of urea groups is 1. The lowest BCUT2D eigenvalue weighted by Gasteiger charge is -2.11. The highest BCUT2D eigenvalue weighted by atomic mass is 16.5. The summed E-state index contributed by atoms with van der Waals surface area (Å²) in [5, 5.41) is 5.56. The zero-order valence-corrected chi connectivity index (χ0v) is 13.5. The molecule has 0 aliphatic carbocycles. The van der Waals surface area contributed by atoms with E-state index in [9.17, 15) is 4.79 Å². The Balaban J connectivity index is 1.68. The first-order valence-corrected chi connectivity index (χ1v) is 7.52. The zero-order chi connectivity index (χ0) is 16.5. The second kappa shape index (κ2) is 8.68. The third-order valence-corrected chi connectivity index (χ3v) is 3.37. The van der Waals surface area contributed by atoms with Gasteiger partial charge in [0.15, 0.2) is 0 Å². The summed E-state index contributed by atoms with van der Waals surface area (Å²) in [7, 11) is 1.61. The Hall–Kier alpha value is -2.69. The summed E-state index contributed by atoms with van der Waals surface area (Å²) in [5.41, 5.74) is 2.01. The van der Waals surface area contributed by atoms with Gasteiger partial charge in [-0.25, -0.2) is 4.79 Å². The number of benzene rings is 2. The van der Waals surface area contributed by atoms with Crippen molar-refractivity contribution in [3.8, 4) is 11.5 Å². The molecule has 2 aromatic carbocycles. The number of hydrogen-bond acceptors (Lipinski definition) is 3. The Morgan fingerprint density at radius 2 is 1.70 bits per heavy atom. The summed E-state index contributed by atoms with van der Waals surface area (Å²) >= 11 is 0. The molecule has 2 N–H and O–H groups in total. The fourth-order valence-electron chi connectivity index (χ4n) is 2.13. The van der Waals surface area contributed by atoms with Gasteiger partial charge in [-0.1, -0.05) is 36.4 Å². The number of rotatable bonds is 7. The zero-order valence-electron chi connectivity index (χ0n) is 13.5. The van der Waals surface area contributed by atoms with E-state index in [2.05, 4.69) is 10.6 Å². The standard InChI is InChI=1S/C18H22N2O3/c1-14-7-3-5-9-16(14)23-12-11-19-18(21)20-13-15-8-4-6-10-17(15)22-2/h3-10H,11-13H2,1-2H3,(H2,19,20,21). The molecular weight excluding hydrogens is 292 g/mol. The first kappa shape index (κ1) is 16.7. The van der Waals surface area contributed by atoms with Gasteiger partial charge in [-0.15, -0.1) is 0 Å². The topological polar surface area (TPSA) is 59.6 Å². The average Bonchev–Trinajstić information content (AvgIpc) is 2.58. The SMILES string of the molecule is COc1ccccc1CNC(=O)NCCOc1ccccc1C. The minimum atomic E-state index is -0.232. The van der Waals surface area contributed by atoms with Crippen molar-refractivity contribution in [2.24, 2.45) is 0 Å². The molecule has 0 radical (unpaired) electrons. The third kappa shape index (κ3) is 5.21. The maximum atomic E-state index is 11.8. The van der Waals surface area contributed by atoms with Crippen molar-refractivity contribution in [2.75, 3.05) is 20.3 Å². The van der Waals surface area contributed by atoms with Crippen LogP contribution in [0.5, 0.6) is 11.5 Å². The van der Waals surface area contributed by atoms with Gasteiger partial charge in [-0.2, -0.15) is 0 Å². The summed E-state index contributed by atoms with van der Waals surface area (Å²) in [6, 6.07) is 15.1. The number of aryl methyl sites for hydroxylation is 1. The molecule has 0 bridgehead atoms. The Morgan fingerprint density at radius 3 is 2.43 bits per heavy atom. The number of para-hydroxylation sites is 2. The van der Waals surface area contributed by atoms with Gasteiger partial charge in [-0.05, 0) is 24.6 Å². The number of ether oxygens (including phenoxy) is 2. The monoisotopic (exact) mass is 314 g/mol. The van der Waals surface area contributed by atoms with E-state index in [0.29, 0.717) is 19.7 Å². The van der Waals surface area contributed by atoms with Crippen LogP contribution in [0.2, 0.25) is 0 Å². The van der Waals surface area contributed by atoms with E-state index in [4.69, 9.17) is 9.47 Å². The second-order valence-electron chi connectivity index (χ2n) is 5.04. The summed E-state index contributed by atoms with van der Waals surface area (Å²) < 4.78 is 10.9. The van der Waals surface area contributed by atoms with Gasteiger partial charge in [-0.3, -0.25) is 0 Å². The Bertz CT molecular complexity index is 644. The summed E-state index contributed by atoms with van der Waals surface area (Å²) in [5.74, 6) is 1.60. The molecule has 0 aliphatic heterocycles. The van der Waals surface area contributed by atoms with Crippen molar-refractivity contribution in [3.63, 3.8) is 0 Å². The number of nitrogens with one attached hydrogen (secondary N) is 2. The van der Waals surface area contributed by atoms with E-state index in [1.165, 1.54) is 0 Å². The lowest BCUT2D eigenvalue weighted by molar-refractivity contribution is 0.236. The van der Waals surface area contributed by atoms with Gasteiger partial charge in [0.2, 0.25) is 0 Å². The number of amides is 2. The largest absolute Gasteiger partial charge is 0.496 e. The van der Waals surface area contributed by atoms with Crippen LogP contribution in [0.25, 0.3) is 0 Å². The predicted molar refractivity (Wildman–Crippen MR) is 89.9 cm³/mol.